The highest BCUT2D eigenvalue weighted by atomic mass is 28.3. The Kier molecular flexibility index (Phi) is 2.88. The highest BCUT2D eigenvalue weighted by molar-refractivity contribution is 6.88. The number of hydrogen-bond acceptors (Lipinski definition) is 2. The Balaban J connectivity index is 2.34. The molecule has 3 heteroatoms. The van der Waals surface area contributed by atoms with Gasteiger partial charge >= 0.3 is 0 Å². The molecule has 2 rings (SSSR count). The Morgan fingerprint density at radius 1 is 0.875 bits per heavy atom. The van der Waals surface area contributed by atoms with Gasteiger partial charge in [0, 0.05) is 17.1 Å². The van der Waals surface area contributed by atoms with Crippen molar-refractivity contribution in [3.63, 3.8) is 0 Å². The van der Waals surface area contributed by atoms with E-state index in [1.807, 2.05) is 30.6 Å². The Bertz CT molecular complexity index is 458. The first kappa shape index (κ1) is 11.0. The fourth-order valence-corrected chi connectivity index (χ4v) is 2.38. The molecule has 1 heterocycles. The lowest BCUT2D eigenvalue weighted by atomic mass is 10.2. The maximum absolute atomic E-state index is 4.53. The van der Waals surface area contributed by atoms with Crippen molar-refractivity contribution in [3.8, 4) is 11.3 Å². The highest BCUT2D eigenvalue weighted by Gasteiger charge is 2.18. The first-order chi connectivity index (χ1) is 7.57. The van der Waals surface area contributed by atoms with Gasteiger partial charge in [0.25, 0.3) is 0 Å². The zero-order valence-corrected chi connectivity index (χ0v) is 10.9. The Morgan fingerprint density at radius 2 is 1.56 bits per heavy atom. The average Bonchev–Trinajstić information content (AvgIpc) is 2.29. The van der Waals surface area contributed by atoms with Crippen LogP contribution in [0.3, 0.4) is 0 Å². The summed E-state index contributed by atoms with van der Waals surface area (Å²) in [6, 6.07) is 10.1. The van der Waals surface area contributed by atoms with Gasteiger partial charge in [0.2, 0.25) is 0 Å². The number of benzene rings is 1. The number of nitrogens with zero attached hydrogens (tertiary/aromatic N) is 2. The topological polar surface area (TPSA) is 25.8 Å². The fourth-order valence-electron chi connectivity index (χ4n) is 1.47. The number of rotatable bonds is 2. The summed E-state index contributed by atoms with van der Waals surface area (Å²) in [7, 11) is -1.33. The van der Waals surface area contributed by atoms with E-state index in [4.69, 9.17) is 0 Å². The molecule has 16 heavy (non-hydrogen) atoms. The van der Waals surface area contributed by atoms with E-state index in [2.05, 4.69) is 41.7 Å². The van der Waals surface area contributed by atoms with Gasteiger partial charge in [-0.2, -0.15) is 0 Å². The smallest absolute Gasteiger partial charge is 0.103 e. The lowest BCUT2D eigenvalue weighted by Crippen LogP contribution is -2.40. The maximum Gasteiger partial charge on any atom is 0.103 e. The molecule has 0 atom stereocenters. The van der Waals surface area contributed by atoms with Gasteiger partial charge < -0.3 is 0 Å². The quantitative estimate of drug-likeness (QED) is 0.739. The van der Waals surface area contributed by atoms with Crippen LogP contribution in [-0.2, 0) is 0 Å². The molecule has 0 saturated heterocycles. The third-order valence-electron chi connectivity index (χ3n) is 2.49. The first-order valence-corrected chi connectivity index (χ1v) is 8.95. The molecule has 0 N–H and O–H groups in total. The third-order valence-corrected chi connectivity index (χ3v) is 4.28. The minimum Gasteiger partial charge on any atom is -0.262 e. The van der Waals surface area contributed by atoms with Crippen LogP contribution in [0.1, 0.15) is 0 Å². The van der Waals surface area contributed by atoms with E-state index < -0.39 is 8.07 Å². The molecule has 0 saturated carbocycles. The molecule has 0 aliphatic heterocycles. The summed E-state index contributed by atoms with van der Waals surface area (Å²) in [5.41, 5.74) is 2.07. The second-order valence-corrected chi connectivity index (χ2v) is 9.92. The van der Waals surface area contributed by atoms with Crippen LogP contribution in [0.5, 0.6) is 0 Å². The lowest BCUT2D eigenvalue weighted by Gasteiger charge is -2.14. The summed E-state index contributed by atoms with van der Waals surface area (Å²) < 4.78 is 0. The first-order valence-electron chi connectivity index (χ1n) is 5.45. The van der Waals surface area contributed by atoms with Crippen LogP contribution >= 0.6 is 0 Å². The van der Waals surface area contributed by atoms with Crippen molar-refractivity contribution >= 4 is 13.4 Å². The predicted octanol–water partition coefficient (Wildman–Crippen LogP) is 2.69. The highest BCUT2D eigenvalue weighted by Crippen LogP contribution is 2.13. The zero-order chi connectivity index (χ0) is 11.6. The molecule has 0 unspecified atom stereocenters. The summed E-state index contributed by atoms with van der Waals surface area (Å²) in [5, 5.41) is 1.16. The molecule has 82 valence electrons. The average molecular weight is 228 g/mol. The molecule has 0 fully saturated rings. The van der Waals surface area contributed by atoms with Gasteiger partial charge in [0.15, 0.2) is 0 Å². The van der Waals surface area contributed by atoms with Crippen LogP contribution in [0.4, 0.5) is 0 Å². The number of aromatic nitrogens is 2. The van der Waals surface area contributed by atoms with Crippen molar-refractivity contribution < 1.29 is 0 Å². The van der Waals surface area contributed by atoms with Crippen LogP contribution in [-0.4, -0.2) is 18.0 Å². The second-order valence-electron chi connectivity index (χ2n) is 4.90. The molecule has 1 aromatic carbocycles. The molecule has 0 radical (unpaired) electrons. The van der Waals surface area contributed by atoms with Gasteiger partial charge in [-0.1, -0.05) is 50.0 Å². The van der Waals surface area contributed by atoms with Crippen molar-refractivity contribution in [2.45, 2.75) is 19.6 Å². The minimum atomic E-state index is -1.33. The summed E-state index contributed by atoms with van der Waals surface area (Å²) in [6.07, 6.45) is 3.80. The van der Waals surface area contributed by atoms with Crippen LogP contribution in [0.2, 0.25) is 19.6 Å². The van der Waals surface area contributed by atoms with E-state index in [1.165, 1.54) is 0 Å². The predicted molar refractivity (Wildman–Crippen MR) is 70.4 cm³/mol. The van der Waals surface area contributed by atoms with Crippen molar-refractivity contribution in [3.05, 3.63) is 42.7 Å². The van der Waals surface area contributed by atoms with E-state index in [9.17, 15) is 0 Å². The van der Waals surface area contributed by atoms with Crippen molar-refractivity contribution in [2.24, 2.45) is 0 Å². The minimum absolute atomic E-state index is 0.947. The van der Waals surface area contributed by atoms with E-state index in [-0.39, 0.29) is 0 Å². The Labute approximate surface area is 97.4 Å². The standard InChI is InChI=1S/C13H16N2Si/c1-16(2,3)13-10-14-12(9-15-13)11-7-5-4-6-8-11/h4-10H,1-3H3. The maximum atomic E-state index is 4.53. The zero-order valence-electron chi connectivity index (χ0n) is 9.94. The summed E-state index contributed by atoms with van der Waals surface area (Å²) in [6.45, 7) is 6.83. The Morgan fingerprint density at radius 3 is 2.06 bits per heavy atom. The molecule has 0 amide bonds. The molecule has 0 spiro atoms. The largest absolute Gasteiger partial charge is 0.262 e. The SMILES string of the molecule is C[Si](C)(C)c1cnc(-c2ccccc2)cn1. The summed E-state index contributed by atoms with van der Waals surface area (Å²) in [5.74, 6) is 0. The van der Waals surface area contributed by atoms with E-state index in [0.717, 1.165) is 16.6 Å². The van der Waals surface area contributed by atoms with Gasteiger partial charge in [-0.15, -0.1) is 0 Å². The van der Waals surface area contributed by atoms with Crippen LogP contribution in [0.15, 0.2) is 42.7 Å². The Hall–Kier alpha value is -1.48. The third kappa shape index (κ3) is 2.36. The van der Waals surface area contributed by atoms with Crippen molar-refractivity contribution in [1.82, 2.24) is 9.97 Å². The molecule has 0 aliphatic rings. The number of hydrogen-bond donors (Lipinski definition) is 0. The molecule has 0 bridgehead atoms. The van der Waals surface area contributed by atoms with E-state index in [1.54, 1.807) is 0 Å². The van der Waals surface area contributed by atoms with Crippen molar-refractivity contribution in [1.29, 1.82) is 0 Å². The molecular formula is C13H16N2Si. The van der Waals surface area contributed by atoms with Gasteiger partial charge in [0.1, 0.15) is 8.07 Å². The molecule has 0 aliphatic carbocycles. The van der Waals surface area contributed by atoms with Gasteiger partial charge in [-0.25, -0.2) is 0 Å². The van der Waals surface area contributed by atoms with Crippen LogP contribution in [0.25, 0.3) is 11.3 Å². The van der Waals surface area contributed by atoms with Crippen LogP contribution < -0.4 is 5.32 Å². The molecular weight excluding hydrogens is 212 g/mol. The molecule has 2 nitrogen and oxygen atoms in total. The monoisotopic (exact) mass is 228 g/mol. The van der Waals surface area contributed by atoms with E-state index >= 15 is 0 Å². The molecule has 1 aromatic heterocycles. The van der Waals surface area contributed by atoms with E-state index in [0.29, 0.717) is 0 Å². The fraction of sp³-hybridized carbons (Fsp3) is 0.231. The second kappa shape index (κ2) is 4.18. The van der Waals surface area contributed by atoms with Crippen LogP contribution in [0, 0.1) is 0 Å². The lowest BCUT2D eigenvalue weighted by molar-refractivity contribution is 1.23. The van der Waals surface area contributed by atoms with Crippen molar-refractivity contribution in [2.75, 3.05) is 0 Å². The van der Waals surface area contributed by atoms with Gasteiger partial charge in [0.05, 0.1) is 11.9 Å². The van der Waals surface area contributed by atoms with Gasteiger partial charge in [-0.05, 0) is 0 Å². The molecule has 2 aromatic rings. The normalized spacial score (nSPS) is 11.4. The van der Waals surface area contributed by atoms with Gasteiger partial charge in [-0.3, -0.25) is 9.97 Å². The summed E-state index contributed by atoms with van der Waals surface area (Å²) >= 11 is 0. The summed E-state index contributed by atoms with van der Waals surface area (Å²) in [4.78, 5) is 9.01.